The average molecular weight is 298 g/mol. The molecule has 0 saturated carbocycles. The van der Waals surface area contributed by atoms with Crippen LogP contribution in [0.1, 0.15) is 10.4 Å². The number of anilines is 1. The molecule has 0 aliphatic carbocycles. The third kappa shape index (κ3) is 3.33. The lowest BCUT2D eigenvalue weighted by molar-refractivity contribution is -0.137. The molecule has 8 heteroatoms. The lowest BCUT2D eigenvalue weighted by atomic mass is 10.3. The van der Waals surface area contributed by atoms with Crippen LogP contribution in [0.2, 0.25) is 5.02 Å². The van der Waals surface area contributed by atoms with Crippen molar-refractivity contribution in [3.8, 4) is 0 Å². The molecule has 0 aliphatic rings. The first kappa shape index (κ1) is 14.0. The van der Waals surface area contributed by atoms with Crippen molar-refractivity contribution in [3.63, 3.8) is 0 Å². The van der Waals surface area contributed by atoms with Gasteiger partial charge in [-0.3, -0.25) is 14.3 Å². The average Bonchev–Trinajstić information content (AvgIpc) is 2.81. The standard InChI is InChI=1S/C12H9ClFN3O3/c13-9-3-8(1-2-10(9)14)16-12(20)7-4-15-17(5-7)6-11(18)19/h1-5H,6H2,(H,16,20)(H,18,19). The van der Waals surface area contributed by atoms with Crippen molar-refractivity contribution in [3.05, 3.63) is 47.0 Å². The smallest absolute Gasteiger partial charge is 0.325 e. The van der Waals surface area contributed by atoms with E-state index in [0.29, 0.717) is 5.69 Å². The van der Waals surface area contributed by atoms with Crippen LogP contribution >= 0.6 is 11.6 Å². The fraction of sp³-hybridized carbons (Fsp3) is 0.0833. The molecule has 0 saturated heterocycles. The lowest BCUT2D eigenvalue weighted by Crippen LogP contribution is -2.12. The van der Waals surface area contributed by atoms with Gasteiger partial charge in [-0.15, -0.1) is 0 Å². The zero-order chi connectivity index (χ0) is 14.7. The minimum absolute atomic E-state index is 0.107. The number of nitrogens with zero attached hydrogens (tertiary/aromatic N) is 2. The van der Waals surface area contributed by atoms with Gasteiger partial charge in [0.1, 0.15) is 12.4 Å². The fourth-order valence-corrected chi connectivity index (χ4v) is 1.66. The van der Waals surface area contributed by atoms with Crippen LogP contribution in [0, 0.1) is 5.82 Å². The van der Waals surface area contributed by atoms with E-state index < -0.39 is 17.7 Å². The zero-order valence-corrected chi connectivity index (χ0v) is 10.8. The van der Waals surface area contributed by atoms with E-state index >= 15 is 0 Å². The Hall–Kier alpha value is -2.41. The molecule has 104 valence electrons. The van der Waals surface area contributed by atoms with Gasteiger partial charge in [-0.2, -0.15) is 5.10 Å². The second kappa shape index (κ2) is 5.70. The summed E-state index contributed by atoms with van der Waals surface area (Å²) in [6.07, 6.45) is 2.54. The Kier molecular flexibility index (Phi) is 3.99. The number of carboxylic acids is 1. The van der Waals surface area contributed by atoms with E-state index in [9.17, 15) is 14.0 Å². The van der Waals surface area contributed by atoms with Crippen LogP contribution in [-0.2, 0) is 11.3 Å². The van der Waals surface area contributed by atoms with Crippen LogP contribution in [0.4, 0.5) is 10.1 Å². The number of aliphatic carboxylic acids is 1. The first-order valence-electron chi connectivity index (χ1n) is 5.46. The minimum atomic E-state index is -1.06. The number of aromatic nitrogens is 2. The van der Waals surface area contributed by atoms with E-state index in [0.717, 1.165) is 10.7 Å². The first-order valence-corrected chi connectivity index (χ1v) is 5.84. The number of carbonyl (C=O) groups excluding carboxylic acids is 1. The van der Waals surface area contributed by atoms with Crippen molar-refractivity contribution >= 4 is 29.2 Å². The SMILES string of the molecule is O=C(O)Cn1cc(C(=O)Nc2ccc(F)c(Cl)c2)cn1. The maximum absolute atomic E-state index is 13.0. The molecule has 1 heterocycles. The number of hydrogen-bond acceptors (Lipinski definition) is 3. The summed E-state index contributed by atoms with van der Waals surface area (Å²) in [7, 11) is 0. The molecule has 1 aromatic heterocycles. The molecule has 0 fully saturated rings. The molecule has 0 bridgehead atoms. The van der Waals surface area contributed by atoms with Crippen LogP contribution in [0.3, 0.4) is 0 Å². The third-order valence-corrected chi connectivity index (χ3v) is 2.66. The van der Waals surface area contributed by atoms with Gasteiger partial charge in [0, 0.05) is 11.9 Å². The number of hydrogen-bond donors (Lipinski definition) is 2. The van der Waals surface area contributed by atoms with E-state index in [4.69, 9.17) is 16.7 Å². The van der Waals surface area contributed by atoms with E-state index in [1.807, 2.05) is 0 Å². The summed E-state index contributed by atoms with van der Waals surface area (Å²) in [6, 6.07) is 3.77. The predicted octanol–water partition coefficient (Wildman–Crippen LogP) is 2.01. The second-order valence-corrected chi connectivity index (χ2v) is 4.31. The van der Waals surface area contributed by atoms with Crippen molar-refractivity contribution < 1.29 is 19.1 Å². The monoisotopic (exact) mass is 297 g/mol. The molecule has 2 rings (SSSR count). The summed E-state index contributed by atoms with van der Waals surface area (Å²) in [6.45, 7) is -0.338. The van der Waals surface area contributed by atoms with Gasteiger partial charge >= 0.3 is 5.97 Å². The Bertz CT molecular complexity index is 672. The molecule has 20 heavy (non-hydrogen) atoms. The van der Waals surface area contributed by atoms with Gasteiger partial charge in [-0.1, -0.05) is 11.6 Å². The van der Waals surface area contributed by atoms with Crippen LogP contribution < -0.4 is 5.32 Å². The number of amides is 1. The van der Waals surface area contributed by atoms with Crippen molar-refractivity contribution in [2.45, 2.75) is 6.54 Å². The van der Waals surface area contributed by atoms with Crippen molar-refractivity contribution in [2.75, 3.05) is 5.32 Å². The molecule has 2 aromatic rings. The number of halogens is 2. The fourth-order valence-electron chi connectivity index (χ4n) is 1.48. The molecule has 1 amide bonds. The molecule has 0 aliphatic heterocycles. The molecule has 6 nitrogen and oxygen atoms in total. The zero-order valence-electron chi connectivity index (χ0n) is 10.0. The van der Waals surface area contributed by atoms with Gasteiger partial charge in [0.2, 0.25) is 0 Å². The Morgan fingerprint density at radius 2 is 2.20 bits per heavy atom. The van der Waals surface area contributed by atoms with Gasteiger partial charge < -0.3 is 10.4 Å². The highest BCUT2D eigenvalue weighted by atomic mass is 35.5. The summed E-state index contributed by atoms with van der Waals surface area (Å²) in [5.41, 5.74) is 0.513. The number of rotatable bonds is 4. The number of benzene rings is 1. The Labute approximate surface area is 117 Å². The topological polar surface area (TPSA) is 84.2 Å². The molecule has 0 atom stereocenters. The molecular weight excluding hydrogens is 289 g/mol. The highest BCUT2D eigenvalue weighted by molar-refractivity contribution is 6.31. The Morgan fingerprint density at radius 3 is 2.85 bits per heavy atom. The predicted molar refractivity (Wildman–Crippen MR) is 69.2 cm³/mol. The van der Waals surface area contributed by atoms with Crippen molar-refractivity contribution in [1.29, 1.82) is 0 Å². The van der Waals surface area contributed by atoms with E-state index in [1.54, 1.807) is 0 Å². The normalized spacial score (nSPS) is 10.3. The number of carbonyl (C=O) groups is 2. The number of nitrogens with one attached hydrogen (secondary N) is 1. The summed E-state index contributed by atoms with van der Waals surface area (Å²) in [5.74, 6) is -2.14. The van der Waals surface area contributed by atoms with Gasteiger partial charge in [-0.25, -0.2) is 4.39 Å². The molecule has 2 N–H and O–H groups in total. The summed E-state index contributed by atoms with van der Waals surface area (Å²) >= 11 is 5.60. The molecule has 0 radical (unpaired) electrons. The van der Waals surface area contributed by atoms with Gasteiger partial charge in [0.25, 0.3) is 5.91 Å². The Balaban J connectivity index is 2.09. The molecular formula is C12H9ClFN3O3. The van der Waals surface area contributed by atoms with Crippen LogP contribution in [0.25, 0.3) is 0 Å². The van der Waals surface area contributed by atoms with Gasteiger partial charge in [0.15, 0.2) is 0 Å². The highest BCUT2D eigenvalue weighted by Gasteiger charge is 2.11. The van der Waals surface area contributed by atoms with E-state index in [-0.39, 0.29) is 17.1 Å². The maximum atomic E-state index is 13.0. The van der Waals surface area contributed by atoms with Crippen LogP contribution in [-0.4, -0.2) is 26.8 Å². The minimum Gasteiger partial charge on any atom is -0.480 e. The third-order valence-electron chi connectivity index (χ3n) is 2.37. The highest BCUT2D eigenvalue weighted by Crippen LogP contribution is 2.19. The summed E-state index contributed by atoms with van der Waals surface area (Å²) < 4.78 is 14.1. The summed E-state index contributed by atoms with van der Waals surface area (Å²) in [5, 5.41) is 14.7. The molecule has 0 unspecified atom stereocenters. The quantitative estimate of drug-likeness (QED) is 0.904. The first-order chi connectivity index (χ1) is 9.45. The van der Waals surface area contributed by atoms with Gasteiger partial charge in [-0.05, 0) is 18.2 Å². The lowest BCUT2D eigenvalue weighted by Gasteiger charge is -2.04. The van der Waals surface area contributed by atoms with Crippen LogP contribution in [0.15, 0.2) is 30.6 Å². The summed E-state index contributed by atoms with van der Waals surface area (Å²) in [4.78, 5) is 22.4. The van der Waals surface area contributed by atoms with E-state index in [1.165, 1.54) is 24.5 Å². The van der Waals surface area contributed by atoms with Gasteiger partial charge in [0.05, 0.1) is 16.8 Å². The Morgan fingerprint density at radius 1 is 1.45 bits per heavy atom. The maximum Gasteiger partial charge on any atom is 0.325 e. The van der Waals surface area contributed by atoms with Crippen molar-refractivity contribution in [1.82, 2.24) is 9.78 Å². The molecule has 1 aromatic carbocycles. The largest absolute Gasteiger partial charge is 0.480 e. The second-order valence-electron chi connectivity index (χ2n) is 3.90. The van der Waals surface area contributed by atoms with Crippen molar-refractivity contribution in [2.24, 2.45) is 0 Å². The van der Waals surface area contributed by atoms with Crippen LogP contribution in [0.5, 0.6) is 0 Å². The van der Waals surface area contributed by atoms with E-state index in [2.05, 4.69) is 10.4 Å². The molecule has 0 spiro atoms. The number of carboxylic acid groups (broad SMARTS) is 1.